The molecule has 1 aromatic heterocycles. The molecule has 0 saturated heterocycles. The Hall–Kier alpha value is -1.19. The van der Waals surface area contributed by atoms with Gasteiger partial charge >= 0.3 is 0 Å². The molecule has 2 nitrogen and oxygen atoms in total. The van der Waals surface area contributed by atoms with Crippen molar-refractivity contribution in [3.8, 4) is 0 Å². The standard InChI is InChI=1S/C17H24N2S/c1-4-15-11-19-17(20-15)12-18-16(10-13(2)3)14-8-6-5-7-9-14/h5-9,11,13,16,18H,4,10,12H2,1-3H3. The van der Waals surface area contributed by atoms with Gasteiger partial charge in [-0.3, -0.25) is 0 Å². The molecule has 0 aliphatic carbocycles. The first-order valence-electron chi connectivity index (χ1n) is 7.41. The van der Waals surface area contributed by atoms with E-state index in [1.165, 1.54) is 15.4 Å². The van der Waals surface area contributed by atoms with E-state index in [0.717, 1.165) is 19.4 Å². The van der Waals surface area contributed by atoms with E-state index in [0.29, 0.717) is 12.0 Å². The van der Waals surface area contributed by atoms with Crippen LogP contribution >= 0.6 is 11.3 Å². The van der Waals surface area contributed by atoms with Crippen molar-refractivity contribution >= 4 is 11.3 Å². The maximum atomic E-state index is 4.49. The van der Waals surface area contributed by atoms with Gasteiger partial charge in [-0.25, -0.2) is 4.98 Å². The number of aromatic nitrogens is 1. The van der Waals surface area contributed by atoms with Gasteiger partial charge in [-0.15, -0.1) is 11.3 Å². The molecule has 108 valence electrons. The molecule has 1 N–H and O–H groups in total. The van der Waals surface area contributed by atoms with Crippen LogP contribution in [0.3, 0.4) is 0 Å². The summed E-state index contributed by atoms with van der Waals surface area (Å²) in [5, 5.41) is 4.86. The van der Waals surface area contributed by atoms with Crippen LogP contribution in [0.2, 0.25) is 0 Å². The van der Waals surface area contributed by atoms with E-state index in [-0.39, 0.29) is 0 Å². The summed E-state index contributed by atoms with van der Waals surface area (Å²) in [4.78, 5) is 5.85. The number of aryl methyl sites for hydroxylation is 1. The van der Waals surface area contributed by atoms with Crippen LogP contribution in [0.15, 0.2) is 36.5 Å². The van der Waals surface area contributed by atoms with E-state index in [2.05, 4.69) is 61.4 Å². The average Bonchev–Trinajstić information content (AvgIpc) is 2.92. The van der Waals surface area contributed by atoms with Crippen molar-refractivity contribution in [2.45, 2.75) is 46.2 Å². The van der Waals surface area contributed by atoms with Gasteiger partial charge in [-0.05, 0) is 24.3 Å². The van der Waals surface area contributed by atoms with Gasteiger partial charge in [0.2, 0.25) is 0 Å². The molecule has 0 radical (unpaired) electrons. The third-order valence-corrected chi connectivity index (χ3v) is 4.50. The number of thiazole rings is 1. The van der Waals surface area contributed by atoms with Crippen LogP contribution in [0.4, 0.5) is 0 Å². The van der Waals surface area contributed by atoms with E-state index >= 15 is 0 Å². The minimum absolute atomic E-state index is 0.408. The summed E-state index contributed by atoms with van der Waals surface area (Å²) in [6, 6.07) is 11.1. The highest BCUT2D eigenvalue weighted by atomic mass is 32.1. The Morgan fingerprint density at radius 1 is 1.20 bits per heavy atom. The zero-order valence-electron chi connectivity index (χ0n) is 12.6. The van der Waals surface area contributed by atoms with E-state index in [1.807, 2.05) is 17.5 Å². The fourth-order valence-corrected chi connectivity index (χ4v) is 3.11. The van der Waals surface area contributed by atoms with E-state index < -0.39 is 0 Å². The quantitative estimate of drug-likeness (QED) is 0.806. The number of nitrogens with one attached hydrogen (secondary N) is 1. The molecule has 2 aromatic rings. The zero-order chi connectivity index (χ0) is 14.4. The number of nitrogens with zero attached hydrogens (tertiary/aromatic N) is 1. The van der Waals surface area contributed by atoms with Crippen molar-refractivity contribution in [1.29, 1.82) is 0 Å². The number of hydrogen-bond acceptors (Lipinski definition) is 3. The van der Waals surface area contributed by atoms with Crippen LogP contribution in [0, 0.1) is 5.92 Å². The maximum absolute atomic E-state index is 4.49. The Kier molecular flexibility index (Phi) is 5.74. The van der Waals surface area contributed by atoms with Crippen molar-refractivity contribution in [3.63, 3.8) is 0 Å². The normalized spacial score (nSPS) is 12.8. The largest absolute Gasteiger partial charge is 0.304 e. The molecule has 0 aliphatic rings. The molecular weight excluding hydrogens is 264 g/mol. The topological polar surface area (TPSA) is 24.9 Å². The Labute approximate surface area is 126 Å². The summed E-state index contributed by atoms with van der Waals surface area (Å²) in [6.45, 7) is 7.58. The molecule has 1 atom stereocenters. The summed E-state index contributed by atoms with van der Waals surface area (Å²) >= 11 is 1.82. The van der Waals surface area contributed by atoms with Crippen LogP contribution in [-0.4, -0.2) is 4.98 Å². The van der Waals surface area contributed by atoms with Crippen molar-refractivity contribution in [1.82, 2.24) is 10.3 Å². The Morgan fingerprint density at radius 2 is 1.95 bits per heavy atom. The SMILES string of the molecule is CCc1cnc(CNC(CC(C)C)c2ccccc2)s1. The number of hydrogen-bond donors (Lipinski definition) is 1. The highest BCUT2D eigenvalue weighted by molar-refractivity contribution is 7.11. The maximum Gasteiger partial charge on any atom is 0.107 e. The third-order valence-electron chi connectivity index (χ3n) is 3.36. The van der Waals surface area contributed by atoms with Gasteiger partial charge in [0.15, 0.2) is 0 Å². The van der Waals surface area contributed by atoms with Crippen LogP contribution in [0.1, 0.15) is 48.7 Å². The first-order valence-corrected chi connectivity index (χ1v) is 8.22. The molecule has 0 bridgehead atoms. The average molecular weight is 288 g/mol. The molecule has 1 unspecified atom stereocenters. The predicted octanol–water partition coefficient (Wildman–Crippen LogP) is 4.58. The fraction of sp³-hybridized carbons (Fsp3) is 0.471. The van der Waals surface area contributed by atoms with E-state index in [9.17, 15) is 0 Å². The fourth-order valence-electron chi connectivity index (χ4n) is 2.30. The molecule has 0 spiro atoms. The molecule has 0 amide bonds. The lowest BCUT2D eigenvalue weighted by atomic mass is 9.97. The Bertz CT molecular complexity index is 505. The van der Waals surface area contributed by atoms with Crippen LogP contribution in [-0.2, 0) is 13.0 Å². The zero-order valence-corrected chi connectivity index (χ0v) is 13.4. The Morgan fingerprint density at radius 3 is 2.55 bits per heavy atom. The van der Waals surface area contributed by atoms with Crippen molar-refractivity contribution in [2.75, 3.05) is 0 Å². The van der Waals surface area contributed by atoms with Gasteiger partial charge in [0.25, 0.3) is 0 Å². The summed E-state index contributed by atoms with van der Waals surface area (Å²) in [5.41, 5.74) is 1.37. The van der Waals surface area contributed by atoms with Crippen molar-refractivity contribution in [2.24, 2.45) is 5.92 Å². The molecule has 0 saturated carbocycles. The van der Waals surface area contributed by atoms with Gasteiger partial charge in [-0.1, -0.05) is 51.1 Å². The van der Waals surface area contributed by atoms with Gasteiger partial charge < -0.3 is 5.32 Å². The second-order valence-electron chi connectivity index (χ2n) is 5.55. The summed E-state index contributed by atoms with van der Waals surface area (Å²) in [5.74, 6) is 0.676. The van der Waals surface area contributed by atoms with Crippen LogP contribution < -0.4 is 5.32 Å². The lowest BCUT2D eigenvalue weighted by Gasteiger charge is -2.20. The van der Waals surface area contributed by atoms with Crippen LogP contribution in [0.25, 0.3) is 0 Å². The molecule has 1 heterocycles. The first kappa shape index (κ1) is 15.2. The van der Waals surface area contributed by atoms with Crippen molar-refractivity contribution in [3.05, 3.63) is 52.0 Å². The second-order valence-corrected chi connectivity index (χ2v) is 6.75. The van der Waals surface area contributed by atoms with Crippen molar-refractivity contribution < 1.29 is 0 Å². The van der Waals surface area contributed by atoms with Gasteiger partial charge in [0.05, 0.1) is 0 Å². The molecule has 0 aliphatic heterocycles. The molecule has 3 heteroatoms. The van der Waals surface area contributed by atoms with Gasteiger partial charge in [0, 0.05) is 23.7 Å². The highest BCUT2D eigenvalue weighted by Gasteiger charge is 2.13. The highest BCUT2D eigenvalue weighted by Crippen LogP contribution is 2.22. The second kappa shape index (κ2) is 7.55. The minimum atomic E-state index is 0.408. The molecule has 20 heavy (non-hydrogen) atoms. The summed E-state index contributed by atoms with van der Waals surface area (Å²) in [6.07, 6.45) is 4.23. The summed E-state index contributed by atoms with van der Waals surface area (Å²) in [7, 11) is 0. The molecule has 0 fully saturated rings. The van der Waals surface area contributed by atoms with Gasteiger partial charge in [0.1, 0.15) is 5.01 Å². The smallest absolute Gasteiger partial charge is 0.107 e. The summed E-state index contributed by atoms with van der Waals surface area (Å²) < 4.78 is 0. The number of rotatable bonds is 7. The third kappa shape index (κ3) is 4.43. The minimum Gasteiger partial charge on any atom is -0.304 e. The van der Waals surface area contributed by atoms with E-state index in [4.69, 9.17) is 0 Å². The Balaban J connectivity index is 2.01. The lowest BCUT2D eigenvalue weighted by Crippen LogP contribution is -2.22. The van der Waals surface area contributed by atoms with E-state index in [1.54, 1.807) is 0 Å². The molecule has 2 rings (SSSR count). The monoisotopic (exact) mass is 288 g/mol. The van der Waals surface area contributed by atoms with Crippen LogP contribution in [0.5, 0.6) is 0 Å². The molecular formula is C17H24N2S. The lowest BCUT2D eigenvalue weighted by molar-refractivity contribution is 0.428. The van der Waals surface area contributed by atoms with Gasteiger partial charge in [-0.2, -0.15) is 0 Å². The first-order chi connectivity index (χ1) is 9.69. The predicted molar refractivity (Wildman–Crippen MR) is 87.0 cm³/mol. The molecule has 1 aromatic carbocycles. The number of benzene rings is 1.